The highest BCUT2D eigenvalue weighted by atomic mass is 32.1. The fraction of sp³-hybridized carbons (Fsp3) is 0.318. The largest absolute Gasteiger partial charge is 0.481 e. The third-order valence-electron chi connectivity index (χ3n) is 5.01. The number of anilines is 1. The van der Waals surface area contributed by atoms with E-state index in [4.69, 9.17) is 5.11 Å². The van der Waals surface area contributed by atoms with E-state index in [1.165, 1.54) is 11.3 Å². The number of hydrogen-bond acceptors (Lipinski definition) is 6. The topological polar surface area (TPSA) is 136 Å². The fourth-order valence-electron chi connectivity index (χ4n) is 3.39. The van der Waals surface area contributed by atoms with Gasteiger partial charge in [0.25, 0.3) is 11.8 Å². The Morgan fingerprint density at radius 2 is 1.97 bits per heavy atom. The van der Waals surface area contributed by atoms with Crippen LogP contribution >= 0.6 is 11.3 Å². The number of nitrogens with zero attached hydrogens (tertiary/aromatic N) is 2. The van der Waals surface area contributed by atoms with Crippen LogP contribution in [0.4, 0.5) is 5.00 Å². The van der Waals surface area contributed by atoms with Crippen LogP contribution in [-0.4, -0.2) is 52.8 Å². The molecule has 1 aliphatic rings. The van der Waals surface area contributed by atoms with Crippen molar-refractivity contribution < 1.29 is 29.4 Å². The normalized spacial score (nSPS) is 13.7. The molecule has 0 saturated heterocycles. The van der Waals surface area contributed by atoms with Crippen molar-refractivity contribution in [2.75, 3.05) is 11.9 Å². The number of rotatable bonds is 9. The van der Waals surface area contributed by atoms with Crippen molar-refractivity contribution in [2.45, 2.75) is 38.8 Å². The number of hydrogen-bond donors (Lipinski definition) is 3. The van der Waals surface area contributed by atoms with Gasteiger partial charge >= 0.3 is 11.9 Å². The van der Waals surface area contributed by atoms with Crippen LogP contribution in [0.1, 0.15) is 50.9 Å². The molecule has 10 heteroatoms. The summed E-state index contributed by atoms with van der Waals surface area (Å²) >= 11 is 1.19. The molecule has 9 nitrogen and oxygen atoms in total. The first-order valence-corrected chi connectivity index (χ1v) is 10.7. The lowest BCUT2D eigenvalue weighted by atomic mass is 9.96. The monoisotopic (exact) mass is 457 g/mol. The van der Waals surface area contributed by atoms with E-state index in [0.717, 1.165) is 21.8 Å². The van der Waals surface area contributed by atoms with E-state index in [0.29, 0.717) is 23.4 Å². The molecule has 0 bridgehead atoms. The van der Waals surface area contributed by atoms with E-state index in [1.807, 2.05) is 37.1 Å². The molecule has 1 aromatic heterocycles. The summed E-state index contributed by atoms with van der Waals surface area (Å²) in [5, 5.41) is 21.1. The second-order valence-electron chi connectivity index (χ2n) is 7.61. The Balaban J connectivity index is 1.66. The van der Waals surface area contributed by atoms with Gasteiger partial charge in [-0.05, 0) is 42.7 Å². The molecule has 168 valence electrons. The highest BCUT2D eigenvalue weighted by molar-refractivity contribution is 7.18. The van der Waals surface area contributed by atoms with Crippen LogP contribution in [-0.2, 0) is 22.6 Å². The van der Waals surface area contributed by atoms with Gasteiger partial charge in [-0.2, -0.15) is 0 Å². The molecule has 2 heterocycles. The molecule has 0 fully saturated rings. The number of benzene rings is 1. The van der Waals surface area contributed by atoms with Gasteiger partial charge in [-0.3, -0.25) is 14.4 Å². The predicted octanol–water partition coefficient (Wildman–Crippen LogP) is 2.59. The smallest absolute Gasteiger partial charge is 0.326 e. The number of carboxylic acids is 2. The van der Waals surface area contributed by atoms with Gasteiger partial charge in [-0.1, -0.05) is 12.1 Å². The van der Waals surface area contributed by atoms with Gasteiger partial charge in [0, 0.05) is 37.7 Å². The van der Waals surface area contributed by atoms with Crippen LogP contribution in [0.3, 0.4) is 0 Å². The van der Waals surface area contributed by atoms with Crippen LogP contribution < -0.4 is 10.2 Å². The standard InChI is InChI=1S/C22H23N3O6S/c1-12-9-14-4-3-13(10-15(14)20(28)23-12)11-25(2)18-7-6-17(32-18)21(29)24-16(22(30)31)5-8-19(26)27/h3-4,6-7,10,16H,5,8-9,11H2,1-2H3,(H,24,29)(H,26,27)(H,30,31)/t16-/m0/s1. The maximum absolute atomic E-state index is 12.4. The first-order chi connectivity index (χ1) is 15.1. The third kappa shape index (κ3) is 5.58. The average molecular weight is 458 g/mol. The first-order valence-electron chi connectivity index (χ1n) is 9.90. The minimum absolute atomic E-state index is 0.199. The second kappa shape index (κ2) is 9.73. The maximum atomic E-state index is 12.4. The number of thiophene rings is 1. The summed E-state index contributed by atoms with van der Waals surface area (Å²) in [7, 11) is 1.85. The van der Waals surface area contributed by atoms with E-state index in [2.05, 4.69) is 10.3 Å². The molecule has 1 atom stereocenters. The van der Waals surface area contributed by atoms with Gasteiger partial charge in [0.1, 0.15) is 6.04 Å². The van der Waals surface area contributed by atoms with Gasteiger partial charge in [0.05, 0.1) is 9.88 Å². The zero-order valence-electron chi connectivity index (χ0n) is 17.6. The lowest BCUT2D eigenvalue weighted by Crippen LogP contribution is -2.40. The van der Waals surface area contributed by atoms with E-state index in [-0.39, 0.29) is 18.7 Å². The first kappa shape index (κ1) is 23.1. The molecular formula is C22H23N3O6S. The zero-order chi connectivity index (χ0) is 23.4. The molecule has 2 amide bonds. The molecule has 0 radical (unpaired) electrons. The molecule has 2 aromatic rings. The summed E-state index contributed by atoms with van der Waals surface area (Å²) in [6, 6.07) is 7.80. The van der Waals surface area contributed by atoms with Gasteiger partial charge in [-0.15, -0.1) is 11.3 Å². The minimum Gasteiger partial charge on any atom is -0.481 e. The number of nitrogens with one attached hydrogen (secondary N) is 1. The number of carboxylic acid groups (broad SMARTS) is 2. The van der Waals surface area contributed by atoms with Crippen LogP contribution in [0.15, 0.2) is 35.3 Å². The summed E-state index contributed by atoms with van der Waals surface area (Å²) in [5.41, 5.74) is 3.28. The van der Waals surface area contributed by atoms with E-state index in [9.17, 15) is 24.3 Å². The van der Waals surface area contributed by atoms with E-state index < -0.39 is 23.9 Å². The Kier molecular flexibility index (Phi) is 7.04. The van der Waals surface area contributed by atoms with Crippen LogP contribution in [0.5, 0.6) is 0 Å². The Morgan fingerprint density at radius 3 is 2.66 bits per heavy atom. The SMILES string of the molecule is CC1=NC(=O)c2cc(CN(C)c3ccc(C(=O)N[C@@H](CCC(=O)O)C(=O)O)s3)ccc2C1. The second-order valence-corrected chi connectivity index (χ2v) is 8.67. The Hall–Kier alpha value is -3.53. The molecule has 3 rings (SSSR count). The van der Waals surface area contributed by atoms with Gasteiger partial charge in [0.15, 0.2) is 0 Å². The number of carbonyl (C=O) groups excluding carboxylic acids is 2. The zero-order valence-corrected chi connectivity index (χ0v) is 18.4. The highest BCUT2D eigenvalue weighted by Crippen LogP contribution is 2.27. The van der Waals surface area contributed by atoms with Crippen molar-refractivity contribution in [2.24, 2.45) is 4.99 Å². The number of carbonyl (C=O) groups is 4. The fourth-order valence-corrected chi connectivity index (χ4v) is 4.25. The number of amides is 2. The molecule has 0 unspecified atom stereocenters. The van der Waals surface area contributed by atoms with Gasteiger partial charge in [-0.25, -0.2) is 9.79 Å². The quantitative estimate of drug-likeness (QED) is 0.526. The molecule has 0 spiro atoms. The van der Waals surface area contributed by atoms with Gasteiger partial charge < -0.3 is 20.4 Å². The van der Waals surface area contributed by atoms with Crippen molar-refractivity contribution in [3.63, 3.8) is 0 Å². The number of aliphatic imine (C=N–C) groups is 1. The predicted molar refractivity (Wildman–Crippen MR) is 120 cm³/mol. The van der Waals surface area contributed by atoms with Crippen LogP contribution in [0.25, 0.3) is 0 Å². The lowest BCUT2D eigenvalue weighted by molar-refractivity contribution is -0.140. The van der Waals surface area contributed by atoms with Crippen molar-refractivity contribution in [1.82, 2.24) is 5.32 Å². The highest BCUT2D eigenvalue weighted by Gasteiger charge is 2.23. The average Bonchev–Trinajstić information content (AvgIpc) is 3.21. The maximum Gasteiger partial charge on any atom is 0.326 e. The van der Waals surface area contributed by atoms with Crippen molar-refractivity contribution in [3.8, 4) is 0 Å². The summed E-state index contributed by atoms with van der Waals surface area (Å²) < 4.78 is 0. The molecule has 1 aromatic carbocycles. The molecule has 32 heavy (non-hydrogen) atoms. The van der Waals surface area contributed by atoms with Gasteiger partial charge in [0.2, 0.25) is 0 Å². The Labute approximate surface area is 188 Å². The molecule has 1 aliphatic heterocycles. The van der Waals surface area contributed by atoms with E-state index >= 15 is 0 Å². The Morgan fingerprint density at radius 1 is 1.22 bits per heavy atom. The van der Waals surface area contributed by atoms with Crippen molar-refractivity contribution >= 4 is 45.8 Å². The summed E-state index contributed by atoms with van der Waals surface area (Å²) in [6.07, 6.45) is 0.101. The molecule has 0 saturated carbocycles. The van der Waals surface area contributed by atoms with Crippen molar-refractivity contribution in [3.05, 3.63) is 51.9 Å². The van der Waals surface area contributed by atoms with Crippen molar-refractivity contribution in [1.29, 1.82) is 0 Å². The summed E-state index contributed by atoms with van der Waals surface area (Å²) in [5.74, 6) is -3.22. The Bertz CT molecular complexity index is 1110. The third-order valence-corrected chi connectivity index (χ3v) is 6.20. The molecule has 3 N–H and O–H groups in total. The number of fused-ring (bicyclic) bond motifs is 1. The number of aliphatic carboxylic acids is 2. The molecular weight excluding hydrogens is 434 g/mol. The van der Waals surface area contributed by atoms with E-state index in [1.54, 1.807) is 12.1 Å². The summed E-state index contributed by atoms with van der Waals surface area (Å²) in [6.45, 7) is 2.33. The van der Waals surface area contributed by atoms with Crippen LogP contribution in [0.2, 0.25) is 0 Å². The summed E-state index contributed by atoms with van der Waals surface area (Å²) in [4.78, 5) is 52.9. The minimum atomic E-state index is -1.28. The lowest BCUT2D eigenvalue weighted by Gasteiger charge is -2.19. The molecule has 0 aliphatic carbocycles. The van der Waals surface area contributed by atoms with Crippen LogP contribution in [0, 0.1) is 0 Å².